The first-order valence-electron chi connectivity index (χ1n) is 7.02. The van der Waals surface area contributed by atoms with E-state index in [-0.39, 0.29) is 11.6 Å². The van der Waals surface area contributed by atoms with E-state index >= 15 is 0 Å². The van der Waals surface area contributed by atoms with Crippen LogP contribution in [0.1, 0.15) is 22.1 Å². The summed E-state index contributed by atoms with van der Waals surface area (Å²) < 4.78 is 7.95. The number of thiophene rings is 1. The fourth-order valence-electron chi connectivity index (χ4n) is 2.58. The molecule has 1 aliphatic rings. The fraction of sp³-hybridized carbons (Fsp3) is 0.286. The SMILES string of the molecule is Cc1nnc2n1CCN(C(=O)c1cc(-c3ccc(Cl)s3)on1)C2. The van der Waals surface area contributed by atoms with E-state index in [1.165, 1.54) is 11.3 Å². The number of halogens is 1. The predicted octanol–water partition coefficient (Wildman–Crippen LogP) is 2.61. The summed E-state index contributed by atoms with van der Waals surface area (Å²) in [4.78, 5) is 15.1. The van der Waals surface area contributed by atoms with Crippen molar-refractivity contribution in [1.82, 2.24) is 24.8 Å². The zero-order chi connectivity index (χ0) is 16.0. The minimum Gasteiger partial charge on any atom is -0.355 e. The molecule has 1 aliphatic heterocycles. The minimum atomic E-state index is -0.172. The Hall–Kier alpha value is -2.19. The number of aryl methyl sites for hydroxylation is 1. The Morgan fingerprint density at radius 2 is 2.22 bits per heavy atom. The third-order valence-electron chi connectivity index (χ3n) is 3.77. The van der Waals surface area contributed by atoms with Crippen LogP contribution in [0.15, 0.2) is 22.7 Å². The molecule has 0 N–H and O–H groups in total. The van der Waals surface area contributed by atoms with Crippen molar-refractivity contribution >= 4 is 28.8 Å². The fourth-order valence-corrected chi connectivity index (χ4v) is 3.57. The molecule has 0 fully saturated rings. The van der Waals surface area contributed by atoms with Crippen LogP contribution in [0.4, 0.5) is 0 Å². The molecule has 3 aromatic heterocycles. The van der Waals surface area contributed by atoms with Crippen LogP contribution in [0.5, 0.6) is 0 Å². The highest BCUT2D eigenvalue weighted by atomic mass is 35.5. The molecule has 0 aromatic carbocycles. The largest absolute Gasteiger partial charge is 0.355 e. The molecule has 0 saturated carbocycles. The second kappa shape index (κ2) is 5.47. The average Bonchev–Trinajstić information content (AvgIpc) is 3.26. The maximum Gasteiger partial charge on any atom is 0.276 e. The normalized spacial score (nSPS) is 14.1. The van der Waals surface area contributed by atoms with Gasteiger partial charge in [-0.05, 0) is 19.1 Å². The number of hydrogen-bond acceptors (Lipinski definition) is 6. The second-order valence-electron chi connectivity index (χ2n) is 5.22. The Balaban J connectivity index is 1.55. The van der Waals surface area contributed by atoms with E-state index < -0.39 is 0 Å². The van der Waals surface area contributed by atoms with Gasteiger partial charge in [-0.2, -0.15) is 0 Å². The quantitative estimate of drug-likeness (QED) is 0.710. The number of nitrogens with zero attached hydrogens (tertiary/aromatic N) is 5. The molecule has 0 atom stereocenters. The molecular weight excluding hydrogens is 338 g/mol. The van der Waals surface area contributed by atoms with E-state index in [0.29, 0.717) is 29.7 Å². The van der Waals surface area contributed by atoms with Crippen LogP contribution in [0.25, 0.3) is 10.6 Å². The van der Waals surface area contributed by atoms with Crippen molar-refractivity contribution in [3.8, 4) is 10.6 Å². The lowest BCUT2D eigenvalue weighted by Crippen LogP contribution is -2.38. The number of carbonyl (C=O) groups is 1. The number of rotatable bonds is 2. The Bertz CT molecular complexity index is 884. The van der Waals surface area contributed by atoms with Crippen LogP contribution in [0, 0.1) is 6.92 Å². The Kier molecular flexibility index (Phi) is 3.42. The van der Waals surface area contributed by atoms with Crippen LogP contribution in [-0.4, -0.2) is 37.3 Å². The van der Waals surface area contributed by atoms with Crippen molar-refractivity contribution in [2.75, 3.05) is 6.54 Å². The summed E-state index contributed by atoms with van der Waals surface area (Å²) in [5.74, 6) is 2.03. The molecule has 0 bridgehead atoms. The second-order valence-corrected chi connectivity index (χ2v) is 6.94. The van der Waals surface area contributed by atoms with Crippen molar-refractivity contribution in [3.05, 3.63) is 39.9 Å². The number of fused-ring (bicyclic) bond motifs is 1. The Labute approximate surface area is 140 Å². The highest BCUT2D eigenvalue weighted by Crippen LogP contribution is 2.31. The molecule has 3 aromatic rings. The molecule has 23 heavy (non-hydrogen) atoms. The van der Waals surface area contributed by atoms with Crippen LogP contribution in [0.2, 0.25) is 4.34 Å². The van der Waals surface area contributed by atoms with Crippen molar-refractivity contribution in [3.63, 3.8) is 0 Å². The van der Waals surface area contributed by atoms with Gasteiger partial charge in [0.2, 0.25) is 0 Å². The first-order valence-corrected chi connectivity index (χ1v) is 8.21. The van der Waals surface area contributed by atoms with Crippen molar-refractivity contribution in [2.45, 2.75) is 20.0 Å². The van der Waals surface area contributed by atoms with Gasteiger partial charge in [0, 0.05) is 19.2 Å². The third-order valence-corrected chi connectivity index (χ3v) is 5.02. The molecule has 0 spiro atoms. The monoisotopic (exact) mass is 349 g/mol. The molecule has 118 valence electrons. The van der Waals surface area contributed by atoms with E-state index in [2.05, 4.69) is 15.4 Å². The van der Waals surface area contributed by atoms with Crippen molar-refractivity contribution in [2.24, 2.45) is 0 Å². The van der Waals surface area contributed by atoms with Crippen LogP contribution in [0.3, 0.4) is 0 Å². The van der Waals surface area contributed by atoms with Crippen molar-refractivity contribution < 1.29 is 9.32 Å². The molecule has 0 aliphatic carbocycles. The summed E-state index contributed by atoms with van der Waals surface area (Å²) in [7, 11) is 0. The van der Waals surface area contributed by atoms with Gasteiger partial charge in [0.15, 0.2) is 17.3 Å². The number of carbonyl (C=O) groups excluding carboxylic acids is 1. The zero-order valence-electron chi connectivity index (χ0n) is 12.2. The molecular formula is C14H12ClN5O2S. The molecule has 4 rings (SSSR count). The van der Waals surface area contributed by atoms with Crippen LogP contribution >= 0.6 is 22.9 Å². The van der Waals surface area contributed by atoms with E-state index in [1.54, 1.807) is 17.0 Å². The Morgan fingerprint density at radius 1 is 1.35 bits per heavy atom. The van der Waals surface area contributed by atoms with Gasteiger partial charge in [0.1, 0.15) is 5.82 Å². The summed E-state index contributed by atoms with van der Waals surface area (Å²) in [6, 6.07) is 5.27. The van der Waals surface area contributed by atoms with Crippen LogP contribution in [-0.2, 0) is 13.1 Å². The topological polar surface area (TPSA) is 77.0 Å². The predicted molar refractivity (Wildman–Crippen MR) is 84.3 cm³/mol. The smallest absolute Gasteiger partial charge is 0.276 e. The standard InChI is InChI=1S/C14H12ClN5O2S/c1-8-16-17-13-7-19(4-5-20(8)13)14(21)9-6-10(22-18-9)11-2-3-12(15)23-11/h2-3,6H,4-5,7H2,1H3. The molecule has 4 heterocycles. The van der Waals surface area contributed by atoms with Gasteiger partial charge >= 0.3 is 0 Å². The van der Waals surface area contributed by atoms with Gasteiger partial charge in [0.05, 0.1) is 15.8 Å². The van der Waals surface area contributed by atoms with Gasteiger partial charge in [-0.3, -0.25) is 4.79 Å². The molecule has 1 amide bonds. The van der Waals surface area contributed by atoms with Gasteiger partial charge < -0.3 is 14.0 Å². The number of aromatic nitrogens is 4. The lowest BCUT2D eigenvalue weighted by atomic mass is 10.2. The molecule has 0 unspecified atom stereocenters. The highest BCUT2D eigenvalue weighted by molar-refractivity contribution is 7.19. The summed E-state index contributed by atoms with van der Waals surface area (Å²) in [5, 5.41) is 12.0. The van der Waals surface area contributed by atoms with Crippen LogP contribution < -0.4 is 0 Å². The minimum absolute atomic E-state index is 0.172. The summed E-state index contributed by atoms with van der Waals surface area (Å²) in [6.45, 7) is 3.61. The summed E-state index contributed by atoms with van der Waals surface area (Å²) >= 11 is 7.30. The van der Waals surface area contributed by atoms with Gasteiger partial charge in [-0.1, -0.05) is 16.8 Å². The van der Waals surface area contributed by atoms with Gasteiger partial charge in [-0.15, -0.1) is 21.5 Å². The zero-order valence-corrected chi connectivity index (χ0v) is 13.8. The van der Waals surface area contributed by atoms with Crippen molar-refractivity contribution in [1.29, 1.82) is 0 Å². The first-order chi connectivity index (χ1) is 11.1. The molecule has 9 heteroatoms. The molecule has 7 nitrogen and oxygen atoms in total. The van der Waals surface area contributed by atoms with E-state index in [1.807, 2.05) is 17.6 Å². The Morgan fingerprint density at radius 3 is 3.00 bits per heavy atom. The average molecular weight is 350 g/mol. The third kappa shape index (κ3) is 2.53. The maximum atomic E-state index is 12.6. The highest BCUT2D eigenvalue weighted by Gasteiger charge is 2.26. The number of amides is 1. The summed E-state index contributed by atoms with van der Waals surface area (Å²) in [5.41, 5.74) is 0.286. The van der Waals surface area contributed by atoms with Gasteiger partial charge in [-0.25, -0.2) is 0 Å². The van der Waals surface area contributed by atoms with Gasteiger partial charge in [0.25, 0.3) is 5.91 Å². The lowest BCUT2D eigenvalue weighted by molar-refractivity contribution is 0.0696. The maximum absolute atomic E-state index is 12.6. The van der Waals surface area contributed by atoms with E-state index in [0.717, 1.165) is 16.5 Å². The first kappa shape index (κ1) is 14.4. The lowest BCUT2D eigenvalue weighted by Gasteiger charge is -2.26. The summed E-state index contributed by atoms with van der Waals surface area (Å²) in [6.07, 6.45) is 0. The van der Waals surface area contributed by atoms with E-state index in [4.69, 9.17) is 16.1 Å². The van der Waals surface area contributed by atoms with E-state index in [9.17, 15) is 4.79 Å². The number of hydrogen-bond donors (Lipinski definition) is 0. The molecule has 0 saturated heterocycles. The molecule has 0 radical (unpaired) electrons.